The van der Waals surface area contributed by atoms with Crippen LogP contribution in [0.25, 0.3) is 0 Å². The standard InChI is InChI=1S/C35H38F3NO7/c1-32-11-9-23(42)13-22(32)7-8-24-25-14-28-34(27(44)18-41,33(25,2)15-26(43)29(24)32)46-31(45-28)21-10-12-39(16-21)30(35(36,37)38)20-5-3-19(17-40)4-6-20/h3-6,9-13,16,24-26,28-31,40-41,43H,7-8,14-15,17-18H2,1-2H3/t24-,25-,26-,28+,29+,30+,31+,32-,33-,34+/m0/s1. The van der Waals surface area contributed by atoms with E-state index in [1.54, 1.807) is 12.2 Å². The van der Waals surface area contributed by atoms with Crippen molar-refractivity contribution in [2.45, 2.75) is 82.5 Å². The molecule has 3 N–H and O–H groups in total. The average molecular weight is 642 g/mol. The van der Waals surface area contributed by atoms with Crippen molar-refractivity contribution in [3.8, 4) is 0 Å². The van der Waals surface area contributed by atoms with E-state index in [2.05, 4.69) is 6.92 Å². The Morgan fingerprint density at radius 1 is 1.15 bits per heavy atom. The van der Waals surface area contributed by atoms with Crippen LogP contribution in [0.4, 0.5) is 13.2 Å². The molecular formula is C35H38F3NO7. The second-order valence-corrected chi connectivity index (χ2v) is 14.1. The molecule has 0 bridgehead atoms. The lowest BCUT2D eigenvalue weighted by molar-refractivity contribution is -0.201. The number of benzene rings is 1. The third-order valence-electron chi connectivity index (χ3n) is 11.9. The zero-order valence-corrected chi connectivity index (χ0v) is 25.6. The molecule has 4 fully saturated rings. The largest absolute Gasteiger partial charge is 0.413 e. The fraction of sp³-hybridized carbons (Fsp3) is 0.543. The van der Waals surface area contributed by atoms with Crippen molar-refractivity contribution in [3.05, 3.63) is 83.2 Å². The number of fused-ring (bicyclic) bond motifs is 7. The molecule has 1 aromatic carbocycles. The van der Waals surface area contributed by atoms with Gasteiger partial charge in [-0.1, -0.05) is 49.8 Å². The molecule has 0 radical (unpaired) electrons. The van der Waals surface area contributed by atoms with Gasteiger partial charge in [-0.05, 0) is 66.9 Å². The summed E-state index contributed by atoms with van der Waals surface area (Å²) in [4.78, 5) is 25.9. The van der Waals surface area contributed by atoms with Gasteiger partial charge in [0.05, 0.1) is 18.8 Å². The summed E-state index contributed by atoms with van der Waals surface area (Å²) >= 11 is 0. The number of hydrogen-bond acceptors (Lipinski definition) is 7. The van der Waals surface area contributed by atoms with Crippen LogP contribution in [0.1, 0.15) is 68.6 Å². The van der Waals surface area contributed by atoms with Crippen LogP contribution in [0, 0.1) is 28.6 Å². The number of aliphatic hydroxyl groups is 3. The van der Waals surface area contributed by atoms with E-state index in [0.717, 1.165) is 10.1 Å². The fourth-order valence-corrected chi connectivity index (χ4v) is 9.90. The first-order chi connectivity index (χ1) is 21.8. The van der Waals surface area contributed by atoms with Crippen LogP contribution < -0.4 is 0 Å². The normalized spacial score (nSPS) is 38.9. The van der Waals surface area contributed by atoms with Crippen molar-refractivity contribution in [2.24, 2.45) is 28.6 Å². The average Bonchev–Trinajstić information content (AvgIpc) is 3.70. The van der Waals surface area contributed by atoms with Gasteiger partial charge < -0.3 is 29.4 Å². The molecule has 1 aliphatic heterocycles. The number of allylic oxidation sites excluding steroid dienone is 4. The third kappa shape index (κ3) is 4.38. The summed E-state index contributed by atoms with van der Waals surface area (Å²) in [6.45, 7) is 2.86. The van der Waals surface area contributed by atoms with Gasteiger partial charge in [-0.25, -0.2) is 0 Å². The molecule has 246 valence electrons. The first kappa shape index (κ1) is 31.5. The zero-order valence-electron chi connectivity index (χ0n) is 25.6. The van der Waals surface area contributed by atoms with E-state index in [0.29, 0.717) is 30.4 Å². The molecule has 8 nitrogen and oxygen atoms in total. The summed E-state index contributed by atoms with van der Waals surface area (Å²) in [5, 5.41) is 31.3. The van der Waals surface area contributed by atoms with Gasteiger partial charge in [-0.3, -0.25) is 9.59 Å². The van der Waals surface area contributed by atoms with Crippen LogP contribution in [0.5, 0.6) is 0 Å². The van der Waals surface area contributed by atoms with Gasteiger partial charge in [-0.2, -0.15) is 13.2 Å². The topological polar surface area (TPSA) is 118 Å². The van der Waals surface area contributed by atoms with Gasteiger partial charge in [0, 0.05) is 34.7 Å². The number of aliphatic hydroxyl groups excluding tert-OH is 3. The van der Waals surface area contributed by atoms with E-state index in [1.165, 1.54) is 42.7 Å². The highest BCUT2D eigenvalue weighted by Gasteiger charge is 2.76. The number of ether oxygens (including phenoxy) is 2. The highest BCUT2D eigenvalue weighted by molar-refractivity contribution is 6.01. The maximum atomic E-state index is 14.4. The fourth-order valence-electron chi connectivity index (χ4n) is 9.90. The predicted molar refractivity (Wildman–Crippen MR) is 158 cm³/mol. The third-order valence-corrected chi connectivity index (χ3v) is 11.9. The first-order valence-electron chi connectivity index (χ1n) is 15.8. The molecule has 5 aliphatic rings. The summed E-state index contributed by atoms with van der Waals surface area (Å²) in [6.07, 6.45) is 2.33. The van der Waals surface area contributed by atoms with Crippen molar-refractivity contribution in [2.75, 3.05) is 6.61 Å². The van der Waals surface area contributed by atoms with Crippen LogP contribution in [0.3, 0.4) is 0 Å². The highest BCUT2D eigenvalue weighted by atomic mass is 19.4. The SMILES string of the molecule is C[C@]12C=CC(=O)C=C1CC[C@@H]1[C@@H]2[C@@H](O)C[C@@]2(C)[C@H]1C[C@H]1O[C@@H](c3ccn([C@H](c4ccc(CO)cc4)C(F)(F)F)c3)O[C@]12C(=O)CO. The Hall–Kier alpha value is -3.09. The van der Waals surface area contributed by atoms with Crippen LogP contribution >= 0.6 is 0 Å². The summed E-state index contributed by atoms with van der Waals surface area (Å²) in [7, 11) is 0. The van der Waals surface area contributed by atoms with Gasteiger partial charge in [0.15, 0.2) is 29.5 Å². The molecule has 46 heavy (non-hydrogen) atoms. The van der Waals surface area contributed by atoms with E-state index >= 15 is 0 Å². The molecule has 4 aliphatic carbocycles. The van der Waals surface area contributed by atoms with E-state index < -0.39 is 59.5 Å². The van der Waals surface area contributed by atoms with Crippen LogP contribution in [-0.2, 0) is 25.7 Å². The van der Waals surface area contributed by atoms with Crippen LogP contribution in [0.2, 0.25) is 0 Å². The van der Waals surface area contributed by atoms with Gasteiger partial charge in [0.2, 0.25) is 0 Å². The number of rotatable bonds is 6. The van der Waals surface area contributed by atoms with Gasteiger partial charge in [0.1, 0.15) is 6.61 Å². The summed E-state index contributed by atoms with van der Waals surface area (Å²) in [5.41, 5.74) is -1.26. The van der Waals surface area contributed by atoms with Crippen molar-refractivity contribution in [1.82, 2.24) is 4.57 Å². The monoisotopic (exact) mass is 641 g/mol. The van der Waals surface area contributed by atoms with E-state index in [-0.39, 0.29) is 42.1 Å². The Kier molecular flexibility index (Phi) is 7.34. The van der Waals surface area contributed by atoms with Crippen molar-refractivity contribution >= 4 is 11.6 Å². The van der Waals surface area contributed by atoms with Crippen LogP contribution in [0.15, 0.2) is 66.5 Å². The quantitative estimate of drug-likeness (QED) is 0.417. The number of carbonyl (C=O) groups is 2. The Balaban J connectivity index is 1.21. The molecule has 2 heterocycles. The van der Waals surface area contributed by atoms with Crippen molar-refractivity contribution in [3.63, 3.8) is 0 Å². The number of halogens is 3. The molecule has 7 rings (SSSR count). The second kappa shape index (κ2) is 10.7. The number of carbonyl (C=O) groups excluding carboxylic acids is 2. The highest BCUT2D eigenvalue weighted by Crippen LogP contribution is 2.70. The minimum absolute atomic E-state index is 0.0126. The maximum absolute atomic E-state index is 14.4. The molecule has 2 aromatic rings. The molecular weight excluding hydrogens is 603 g/mol. The lowest BCUT2D eigenvalue weighted by Gasteiger charge is -2.59. The Morgan fingerprint density at radius 3 is 2.57 bits per heavy atom. The van der Waals surface area contributed by atoms with E-state index in [9.17, 15) is 38.1 Å². The Labute approximate surface area is 264 Å². The number of hydrogen-bond donors (Lipinski definition) is 3. The van der Waals surface area contributed by atoms with Gasteiger partial charge in [-0.15, -0.1) is 0 Å². The molecule has 3 saturated carbocycles. The summed E-state index contributed by atoms with van der Waals surface area (Å²) in [6, 6.07) is 5.02. The minimum Gasteiger partial charge on any atom is -0.393 e. The zero-order chi connectivity index (χ0) is 32.8. The molecule has 11 heteroatoms. The van der Waals surface area contributed by atoms with E-state index in [4.69, 9.17) is 9.47 Å². The Bertz CT molecular complexity index is 1610. The molecule has 0 unspecified atom stereocenters. The number of nitrogens with zero attached hydrogens (tertiary/aromatic N) is 1. The Morgan fingerprint density at radius 2 is 1.89 bits per heavy atom. The number of ketones is 2. The molecule has 1 aromatic heterocycles. The first-order valence-corrected chi connectivity index (χ1v) is 15.8. The number of aromatic nitrogens is 1. The predicted octanol–water partition coefficient (Wildman–Crippen LogP) is 4.73. The molecule has 10 atom stereocenters. The summed E-state index contributed by atoms with van der Waals surface area (Å²) in [5.74, 6) is -0.942. The van der Waals surface area contributed by atoms with Crippen molar-refractivity contribution in [1.29, 1.82) is 0 Å². The number of Topliss-reactive ketones (excluding diaryl/α,β-unsaturated/α-hetero) is 1. The summed E-state index contributed by atoms with van der Waals surface area (Å²) < 4.78 is 57.1. The minimum atomic E-state index is -4.64. The van der Waals surface area contributed by atoms with Gasteiger partial charge in [0.25, 0.3) is 0 Å². The lowest BCUT2D eigenvalue weighted by Crippen LogP contribution is -2.63. The maximum Gasteiger partial charge on any atom is 0.413 e. The van der Waals surface area contributed by atoms with Crippen molar-refractivity contribution < 1.29 is 47.6 Å². The molecule has 0 spiro atoms. The van der Waals surface area contributed by atoms with Crippen LogP contribution in [-0.4, -0.2) is 62.0 Å². The smallest absolute Gasteiger partial charge is 0.393 e. The van der Waals surface area contributed by atoms with E-state index in [1.807, 2.05) is 13.0 Å². The lowest BCUT2D eigenvalue weighted by atomic mass is 9.46. The molecule has 0 amide bonds. The van der Waals surface area contributed by atoms with Gasteiger partial charge >= 0.3 is 6.18 Å². The molecule has 1 saturated heterocycles. The number of alkyl halides is 3. The second-order valence-electron chi connectivity index (χ2n) is 14.1.